The molecule has 1 N–H and O–H groups in total. The van der Waals surface area contributed by atoms with E-state index in [9.17, 15) is 22.8 Å². The number of amides is 2. The van der Waals surface area contributed by atoms with E-state index in [1.54, 1.807) is 23.5 Å². The van der Waals surface area contributed by atoms with Crippen LogP contribution in [0.25, 0.3) is 11.3 Å². The summed E-state index contributed by atoms with van der Waals surface area (Å²) in [5.41, 5.74) is 0.538. The van der Waals surface area contributed by atoms with E-state index in [-0.39, 0.29) is 12.3 Å². The number of halogens is 3. The van der Waals surface area contributed by atoms with Crippen LogP contribution in [0.5, 0.6) is 5.75 Å². The standard InChI is InChI=1S/C23H20F3N3O3S/c1-2-5-21-28-17(13-33-21)14-8-9-19-18(10-14)29(22(31)12-32-19)11-20(30)27-16-7-4-3-6-15(16)23(24,25)26/h3-4,6-10,13H,2,5,11-12H2,1H3,(H,27,30). The predicted molar refractivity (Wildman–Crippen MR) is 119 cm³/mol. The molecule has 33 heavy (non-hydrogen) atoms. The molecular formula is C23H20F3N3O3S. The molecule has 3 aromatic rings. The first-order chi connectivity index (χ1) is 15.8. The maximum Gasteiger partial charge on any atom is 0.418 e. The molecule has 1 aromatic heterocycles. The van der Waals surface area contributed by atoms with Gasteiger partial charge in [-0.15, -0.1) is 11.3 Å². The third-order valence-corrected chi connectivity index (χ3v) is 5.93. The van der Waals surface area contributed by atoms with Crippen molar-refractivity contribution in [2.45, 2.75) is 25.9 Å². The Bertz CT molecular complexity index is 1190. The van der Waals surface area contributed by atoms with E-state index in [0.717, 1.165) is 35.2 Å². The smallest absolute Gasteiger partial charge is 0.418 e. The highest BCUT2D eigenvalue weighted by Crippen LogP contribution is 2.37. The summed E-state index contributed by atoms with van der Waals surface area (Å²) in [5, 5.41) is 5.19. The second-order valence-corrected chi connectivity index (χ2v) is 8.36. The molecule has 0 aliphatic carbocycles. The lowest BCUT2D eigenvalue weighted by molar-refractivity contribution is -0.137. The highest BCUT2D eigenvalue weighted by molar-refractivity contribution is 7.09. The van der Waals surface area contributed by atoms with Crippen LogP contribution in [-0.2, 0) is 22.2 Å². The summed E-state index contributed by atoms with van der Waals surface area (Å²) in [6.07, 6.45) is -2.78. The zero-order valence-electron chi connectivity index (χ0n) is 17.6. The average molecular weight is 475 g/mol. The normalized spacial score (nSPS) is 13.5. The molecule has 0 atom stereocenters. The lowest BCUT2D eigenvalue weighted by atomic mass is 10.1. The minimum absolute atomic E-state index is 0.268. The Balaban J connectivity index is 1.58. The minimum Gasteiger partial charge on any atom is -0.482 e. The number of carbonyl (C=O) groups excluding carboxylic acids is 2. The van der Waals surface area contributed by atoms with E-state index in [0.29, 0.717) is 11.4 Å². The molecule has 0 unspecified atom stereocenters. The van der Waals surface area contributed by atoms with Gasteiger partial charge in [0.2, 0.25) is 5.91 Å². The summed E-state index contributed by atoms with van der Waals surface area (Å²) in [6.45, 7) is 1.35. The molecule has 2 heterocycles. The number of thiazole rings is 1. The highest BCUT2D eigenvalue weighted by Gasteiger charge is 2.34. The Morgan fingerprint density at radius 3 is 2.79 bits per heavy atom. The monoisotopic (exact) mass is 475 g/mol. The average Bonchev–Trinajstić information content (AvgIpc) is 3.24. The first-order valence-corrected chi connectivity index (χ1v) is 11.1. The number of alkyl halides is 3. The lowest BCUT2D eigenvalue weighted by Crippen LogP contribution is -2.43. The number of hydrogen-bond acceptors (Lipinski definition) is 5. The molecule has 2 amide bonds. The van der Waals surface area contributed by atoms with Gasteiger partial charge in [-0.3, -0.25) is 14.5 Å². The maximum absolute atomic E-state index is 13.2. The van der Waals surface area contributed by atoms with Crippen LogP contribution in [0.3, 0.4) is 0 Å². The van der Waals surface area contributed by atoms with Crippen LogP contribution in [0.2, 0.25) is 0 Å². The number of para-hydroxylation sites is 1. The van der Waals surface area contributed by atoms with E-state index in [1.807, 2.05) is 11.4 Å². The number of carbonyl (C=O) groups is 2. The van der Waals surface area contributed by atoms with Gasteiger partial charge in [-0.25, -0.2) is 4.98 Å². The largest absolute Gasteiger partial charge is 0.482 e. The third-order valence-electron chi connectivity index (χ3n) is 5.02. The summed E-state index contributed by atoms with van der Waals surface area (Å²) in [4.78, 5) is 31.0. The Hall–Kier alpha value is -3.40. The number of rotatable bonds is 6. The fourth-order valence-corrected chi connectivity index (χ4v) is 4.39. The molecule has 0 spiro atoms. The number of anilines is 2. The molecule has 0 radical (unpaired) electrons. The molecule has 172 valence electrons. The van der Waals surface area contributed by atoms with Crippen LogP contribution in [0.4, 0.5) is 24.5 Å². The predicted octanol–water partition coefficient (Wildman–Crippen LogP) is 5.15. The highest BCUT2D eigenvalue weighted by atomic mass is 32.1. The fourth-order valence-electron chi connectivity index (χ4n) is 3.48. The van der Waals surface area contributed by atoms with E-state index in [2.05, 4.69) is 17.2 Å². The van der Waals surface area contributed by atoms with Gasteiger partial charge in [-0.2, -0.15) is 13.2 Å². The molecule has 1 aliphatic rings. The van der Waals surface area contributed by atoms with Gasteiger partial charge in [-0.1, -0.05) is 19.1 Å². The Kier molecular flexibility index (Phi) is 6.37. The fraction of sp³-hybridized carbons (Fsp3) is 0.261. The molecule has 10 heteroatoms. The first kappa shape index (κ1) is 22.8. The summed E-state index contributed by atoms with van der Waals surface area (Å²) in [5.74, 6) is -0.813. The molecule has 0 saturated carbocycles. The van der Waals surface area contributed by atoms with Crippen LogP contribution >= 0.6 is 11.3 Å². The summed E-state index contributed by atoms with van der Waals surface area (Å²) in [6, 6.07) is 9.91. The second-order valence-electron chi connectivity index (χ2n) is 7.42. The SMILES string of the molecule is CCCc1nc(-c2ccc3c(c2)N(CC(=O)Nc2ccccc2C(F)(F)F)C(=O)CO3)cs1. The number of nitrogens with zero attached hydrogens (tertiary/aromatic N) is 2. The molecule has 0 fully saturated rings. The van der Waals surface area contributed by atoms with Crippen molar-refractivity contribution in [2.24, 2.45) is 0 Å². The van der Waals surface area contributed by atoms with Crippen LogP contribution in [0.15, 0.2) is 47.8 Å². The van der Waals surface area contributed by atoms with Crippen LogP contribution in [-0.4, -0.2) is 29.9 Å². The van der Waals surface area contributed by atoms with Crippen molar-refractivity contribution >= 4 is 34.5 Å². The zero-order valence-corrected chi connectivity index (χ0v) is 18.4. The Morgan fingerprint density at radius 2 is 2.03 bits per heavy atom. The van der Waals surface area contributed by atoms with E-state index >= 15 is 0 Å². The van der Waals surface area contributed by atoms with Crippen LogP contribution in [0.1, 0.15) is 23.9 Å². The minimum atomic E-state index is -4.62. The van der Waals surface area contributed by atoms with Gasteiger partial charge >= 0.3 is 6.18 Å². The third kappa shape index (κ3) is 5.00. The van der Waals surface area contributed by atoms with Crippen LogP contribution in [0, 0.1) is 0 Å². The maximum atomic E-state index is 13.2. The van der Waals surface area contributed by atoms with Gasteiger partial charge in [0.05, 0.1) is 27.6 Å². The second kappa shape index (κ2) is 9.22. The van der Waals surface area contributed by atoms with Crippen molar-refractivity contribution in [1.82, 2.24) is 4.98 Å². The van der Waals surface area contributed by atoms with Gasteiger partial charge in [0.15, 0.2) is 6.61 Å². The number of aryl methyl sites for hydroxylation is 1. The molecule has 4 rings (SSSR count). The topological polar surface area (TPSA) is 71.5 Å². The van der Waals surface area contributed by atoms with Gasteiger partial charge in [0.25, 0.3) is 5.91 Å². The first-order valence-electron chi connectivity index (χ1n) is 10.2. The Morgan fingerprint density at radius 1 is 1.24 bits per heavy atom. The summed E-state index contributed by atoms with van der Waals surface area (Å²) < 4.78 is 45.2. The quantitative estimate of drug-likeness (QED) is 0.536. The number of nitrogens with one attached hydrogen (secondary N) is 1. The van der Waals surface area contributed by atoms with E-state index < -0.39 is 30.1 Å². The van der Waals surface area contributed by atoms with Crippen molar-refractivity contribution in [3.63, 3.8) is 0 Å². The van der Waals surface area contributed by atoms with Gasteiger partial charge in [-0.05, 0) is 43.2 Å². The summed E-state index contributed by atoms with van der Waals surface area (Å²) in [7, 11) is 0. The zero-order chi connectivity index (χ0) is 23.6. The molecule has 2 aromatic carbocycles. The number of hydrogen-bond donors (Lipinski definition) is 1. The molecule has 6 nitrogen and oxygen atoms in total. The van der Waals surface area contributed by atoms with Crippen molar-refractivity contribution < 1.29 is 27.5 Å². The number of benzene rings is 2. The summed E-state index contributed by atoms with van der Waals surface area (Å²) >= 11 is 1.54. The van der Waals surface area contributed by atoms with Crippen LogP contribution < -0.4 is 15.0 Å². The van der Waals surface area contributed by atoms with Crippen molar-refractivity contribution in [2.75, 3.05) is 23.4 Å². The lowest BCUT2D eigenvalue weighted by Gasteiger charge is -2.29. The number of ether oxygens (including phenoxy) is 1. The van der Waals surface area contributed by atoms with Gasteiger partial charge in [0, 0.05) is 10.9 Å². The molecule has 0 saturated heterocycles. The van der Waals surface area contributed by atoms with E-state index in [1.165, 1.54) is 23.1 Å². The van der Waals surface area contributed by atoms with Gasteiger partial charge < -0.3 is 10.1 Å². The van der Waals surface area contributed by atoms with Crippen molar-refractivity contribution in [3.05, 3.63) is 58.4 Å². The van der Waals surface area contributed by atoms with Crippen molar-refractivity contribution in [1.29, 1.82) is 0 Å². The van der Waals surface area contributed by atoms with Gasteiger partial charge in [0.1, 0.15) is 12.3 Å². The number of fused-ring (bicyclic) bond motifs is 1. The molecule has 1 aliphatic heterocycles. The molecule has 0 bridgehead atoms. The Labute approximate surface area is 192 Å². The van der Waals surface area contributed by atoms with E-state index in [4.69, 9.17) is 4.74 Å². The number of aromatic nitrogens is 1. The molecular weight excluding hydrogens is 455 g/mol. The van der Waals surface area contributed by atoms with Crippen molar-refractivity contribution in [3.8, 4) is 17.0 Å².